The molecule has 1 aliphatic heterocycles. The zero-order valence-corrected chi connectivity index (χ0v) is 10.8. The average molecular weight is 242 g/mol. The van der Waals surface area contributed by atoms with Gasteiger partial charge in [-0.1, -0.05) is 19.1 Å². The molecule has 1 atom stereocenters. The van der Waals surface area contributed by atoms with Crippen LogP contribution in [0.25, 0.3) is 11.4 Å². The lowest BCUT2D eigenvalue weighted by Gasteiger charge is -2.20. The van der Waals surface area contributed by atoms with Gasteiger partial charge < -0.3 is 10.3 Å². The van der Waals surface area contributed by atoms with Gasteiger partial charge in [-0.3, -0.25) is 0 Å². The minimum Gasteiger partial charge on any atom is -0.398 e. The molecule has 0 fully saturated rings. The van der Waals surface area contributed by atoms with Crippen LogP contribution in [0.1, 0.15) is 24.7 Å². The van der Waals surface area contributed by atoms with Crippen LogP contribution >= 0.6 is 0 Å². The van der Waals surface area contributed by atoms with Crippen LogP contribution in [0.15, 0.2) is 18.2 Å². The fourth-order valence-corrected chi connectivity index (χ4v) is 2.56. The van der Waals surface area contributed by atoms with Crippen molar-refractivity contribution in [3.8, 4) is 11.4 Å². The second-order valence-corrected chi connectivity index (χ2v) is 5.23. The Kier molecular flexibility index (Phi) is 2.58. The van der Waals surface area contributed by atoms with Crippen molar-refractivity contribution in [1.29, 1.82) is 0 Å². The molecule has 0 spiro atoms. The van der Waals surface area contributed by atoms with Gasteiger partial charge in [0.05, 0.1) is 0 Å². The summed E-state index contributed by atoms with van der Waals surface area (Å²) in [7, 11) is 0. The van der Waals surface area contributed by atoms with Crippen LogP contribution in [0.3, 0.4) is 0 Å². The number of hydrogen-bond donors (Lipinski definition) is 1. The highest BCUT2D eigenvalue weighted by atomic mass is 15.3. The van der Waals surface area contributed by atoms with E-state index in [4.69, 9.17) is 5.73 Å². The number of para-hydroxylation sites is 1. The van der Waals surface area contributed by atoms with Crippen LogP contribution in [0, 0.1) is 12.8 Å². The molecule has 0 bridgehead atoms. The summed E-state index contributed by atoms with van der Waals surface area (Å²) < 4.78 is 2.21. The second-order valence-electron chi connectivity index (χ2n) is 5.23. The van der Waals surface area contributed by atoms with Gasteiger partial charge >= 0.3 is 0 Å². The summed E-state index contributed by atoms with van der Waals surface area (Å²) in [5, 5.41) is 8.65. The van der Waals surface area contributed by atoms with Gasteiger partial charge in [0, 0.05) is 24.2 Å². The Bertz CT molecular complexity index is 585. The molecular weight excluding hydrogens is 224 g/mol. The van der Waals surface area contributed by atoms with E-state index in [1.54, 1.807) is 0 Å². The summed E-state index contributed by atoms with van der Waals surface area (Å²) in [5.74, 6) is 2.70. The Morgan fingerprint density at radius 2 is 2.17 bits per heavy atom. The van der Waals surface area contributed by atoms with Gasteiger partial charge in [-0.05, 0) is 30.9 Å². The number of benzene rings is 1. The van der Waals surface area contributed by atoms with Crippen LogP contribution in [0.4, 0.5) is 5.69 Å². The molecule has 0 aliphatic carbocycles. The number of nitrogen functional groups attached to an aromatic ring is 1. The van der Waals surface area contributed by atoms with Crippen LogP contribution in [-0.2, 0) is 13.0 Å². The zero-order chi connectivity index (χ0) is 12.7. The van der Waals surface area contributed by atoms with Gasteiger partial charge in [0.25, 0.3) is 0 Å². The minimum atomic E-state index is 0.699. The number of fused-ring (bicyclic) bond motifs is 1. The van der Waals surface area contributed by atoms with Crippen LogP contribution in [0.5, 0.6) is 0 Å². The maximum absolute atomic E-state index is 6.15. The topological polar surface area (TPSA) is 56.7 Å². The molecule has 1 unspecified atom stereocenters. The number of nitrogens with zero attached hydrogens (tertiary/aromatic N) is 3. The number of aryl methyl sites for hydroxylation is 1. The number of anilines is 1. The third-order valence-corrected chi connectivity index (χ3v) is 3.77. The SMILES string of the molecule is Cc1cccc(-c2nnc3n2CCC(C)C3)c1N. The normalized spacial score (nSPS) is 18.7. The summed E-state index contributed by atoms with van der Waals surface area (Å²) >= 11 is 0. The van der Waals surface area contributed by atoms with Crippen LogP contribution < -0.4 is 5.73 Å². The number of hydrogen-bond acceptors (Lipinski definition) is 3. The van der Waals surface area contributed by atoms with Crippen molar-refractivity contribution in [3.05, 3.63) is 29.6 Å². The second kappa shape index (κ2) is 4.12. The first-order valence-electron chi connectivity index (χ1n) is 6.44. The third kappa shape index (κ3) is 1.68. The first-order valence-corrected chi connectivity index (χ1v) is 6.44. The Hall–Kier alpha value is -1.84. The summed E-state index contributed by atoms with van der Waals surface area (Å²) in [6, 6.07) is 6.07. The smallest absolute Gasteiger partial charge is 0.166 e. The molecule has 18 heavy (non-hydrogen) atoms. The van der Waals surface area contributed by atoms with Crippen molar-refractivity contribution >= 4 is 5.69 Å². The molecule has 2 heterocycles. The van der Waals surface area contributed by atoms with E-state index in [9.17, 15) is 0 Å². The molecule has 4 nitrogen and oxygen atoms in total. The van der Waals surface area contributed by atoms with E-state index in [2.05, 4.69) is 21.7 Å². The van der Waals surface area contributed by atoms with Gasteiger partial charge in [-0.2, -0.15) is 0 Å². The van der Waals surface area contributed by atoms with E-state index in [1.807, 2.05) is 25.1 Å². The fraction of sp³-hybridized carbons (Fsp3) is 0.429. The summed E-state index contributed by atoms with van der Waals surface area (Å²) in [4.78, 5) is 0. The molecule has 1 aliphatic rings. The van der Waals surface area contributed by atoms with Gasteiger partial charge in [0.2, 0.25) is 0 Å². The first kappa shape index (κ1) is 11.3. The van der Waals surface area contributed by atoms with Gasteiger partial charge in [0.15, 0.2) is 5.82 Å². The first-order chi connectivity index (χ1) is 8.66. The van der Waals surface area contributed by atoms with E-state index in [0.29, 0.717) is 5.92 Å². The van der Waals surface area contributed by atoms with Crippen molar-refractivity contribution in [3.63, 3.8) is 0 Å². The third-order valence-electron chi connectivity index (χ3n) is 3.77. The van der Waals surface area contributed by atoms with E-state index in [1.165, 1.54) is 6.42 Å². The standard InChI is InChI=1S/C14H18N4/c1-9-6-7-18-12(8-9)16-17-14(18)11-5-3-4-10(2)13(11)15/h3-5,9H,6-8,15H2,1-2H3. The monoisotopic (exact) mass is 242 g/mol. The van der Waals surface area contributed by atoms with Gasteiger partial charge in [0.1, 0.15) is 5.82 Å². The molecule has 1 aromatic carbocycles. The maximum atomic E-state index is 6.15. The van der Waals surface area contributed by atoms with Crippen molar-refractivity contribution in [2.24, 2.45) is 5.92 Å². The Labute approximate surface area is 107 Å². The van der Waals surface area contributed by atoms with E-state index < -0.39 is 0 Å². The number of aromatic nitrogens is 3. The fourth-order valence-electron chi connectivity index (χ4n) is 2.56. The number of nitrogens with two attached hydrogens (primary N) is 1. The molecule has 0 saturated carbocycles. The van der Waals surface area contributed by atoms with Crippen LogP contribution in [0.2, 0.25) is 0 Å². The van der Waals surface area contributed by atoms with Gasteiger partial charge in [-0.25, -0.2) is 0 Å². The van der Waals surface area contributed by atoms with E-state index >= 15 is 0 Å². The van der Waals surface area contributed by atoms with Gasteiger partial charge in [-0.15, -0.1) is 10.2 Å². The molecule has 0 saturated heterocycles. The quantitative estimate of drug-likeness (QED) is 0.781. The molecule has 2 aromatic rings. The van der Waals surface area contributed by atoms with E-state index in [-0.39, 0.29) is 0 Å². The minimum absolute atomic E-state index is 0.699. The number of rotatable bonds is 1. The maximum Gasteiger partial charge on any atom is 0.166 e. The van der Waals surface area contributed by atoms with E-state index in [0.717, 1.165) is 41.4 Å². The zero-order valence-electron chi connectivity index (χ0n) is 10.8. The Balaban J connectivity index is 2.11. The predicted octanol–water partition coefficient (Wildman–Crippen LogP) is 2.42. The molecular formula is C14H18N4. The Morgan fingerprint density at radius 1 is 1.33 bits per heavy atom. The largest absolute Gasteiger partial charge is 0.398 e. The highest BCUT2D eigenvalue weighted by molar-refractivity contribution is 5.74. The summed E-state index contributed by atoms with van der Waals surface area (Å²) in [6.45, 7) is 5.28. The Morgan fingerprint density at radius 3 is 3.00 bits per heavy atom. The molecule has 1 aromatic heterocycles. The summed E-state index contributed by atoms with van der Waals surface area (Å²) in [5.41, 5.74) is 9.06. The molecule has 0 radical (unpaired) electrons. The van der Waals surface area contributed by atoms with Crippen molar-refractivity contribution in [2.75, 3.05) is 5.73 Å². The van der Waals surface area contributed by atoms with Crippen LogP contribution in [-0.4, -0.2) is 14.8 Å². The molecule has 94 valence electrons. The van der Waals surface area contributed by atoms with Crippen molar-refractivity contribution < 1.29 is 0 Å². The summed E-state index contributed by atoms with van der Waals surface area (Å²) in [6.07, 6.45) is 2.20. The molecule has 3 rings (SSSR count). The lowest BCUT2D eigenvalue weighted by Crippen LogP contribution is -2.18. The lowest BCUT2D eigenvalue weighted by molar-refractivity contribution is 0.411. The van der Waals surface area contributed by atoms with Crippen molar-refractivity contribution in [2.45, 2.75) is 33.2 Å². The molecule has 2 N–H and O–H groups in total. The highest BCUT2D eigenvalue weighted by Gasteiger charge is 2.21. The lowest BCUT2D eigenvalue weighted by atomic mass is 10.00. The molecule has 0 amide bonds. The van der Waals surface area contributed by atoms with Crippen molar-refractivity contribution in [1.82, 2.24) is 14.8 Å². The average Bonchev–Trinajstić information content (AvgIpc) is 2.75. The molecule has 4 heteroatoms. The highest BCUT2D eigenvalue weighted by Crippen LogP contribution is 2.30. The predicted molar refractivity (Wildman–Crippen MR) is 72.1 cm³/mol.